The third kappa shape index (κ3) is 2.07. The van der Waals surface area contributed by atoms with Crippen molar-refractivity contribution in [3.63, 3.8) is 0 Å². The smallest absolute Gasteiger partial charge is 0.267 e. The van der Waals surface area contributed by atoms with Crippen LogP contribution in [0.25, 0.3) is 0 Å². The highest BCUT2D eigenvalue weighted by molar-refractivity contribution is 5.04. The molecule has 4 heteroatoms. The third-order valence-corrected chi connectivity index (χ3v) is 2.90. The van der Waals surface area contributed by atoms with Gasteiger partial charge in [-0.2, -0.15) is 10.4 Å². The number of hydrogen-bond acceptors (Lipinski definition) is 3. The van der Waals surface area contributed by atoms with Crippen molar-refractivity contribution < 1.29 is 0 Å². The van der Waals surface area contributed by atoms with E-state index in [1.165, 1.54) is 4.68 Å². The van der Waals surface area contributed by atoms with Crippen molar-refractivity contribution >= 4 is 0 Å². The van der Waals surface area contributed by atoms with Gasteiger partial charge in [-0.15, -0.1) is 0 Å². The second-order valence-electron chi connectivity index (χ2n) is 4.36. The predicted molar refractivity (Wildman–Crippen MR) is 55.1 cm³/mol. The molecule has 1 fully saturated rings. The largest absolute Gasteiger partial charge is 0.268 e. The van der Waals surface area contributed by atoms with E-state index in [2.05, 4.69) is 11.2 Å². The number of aryl methyl sites for hydroxylation is 1. The molecule has 0 aromatic carbocycles. The summed E-state index contributed by atoms with van der Waals surface area (Å²) < 4.78 is 1.47. The number of rotatable bonds is 3. The molecule has 0 amide bonds. The maximum atomic E-state index is 11.6. The van der Waals surface area contributed by atoms with Crippen LogP contribution in [0.3, 0.4) is 0 Å². The summed E-state index contributed by atoms with van der Waals surface area (Å²) in [7, 11) is 0. The van der Waals surface area contributed by atoms with Crippen LogP contribution in [0, 0.1) is 23.7 Å². The second-order valence-corrected chi connectivity index (χ2v) is 4.36. The van der Waals surface area contributed by atoms with Crippen molar-refractivity contribution in [3.8, 4) is 6.07 Å². The molecule has 4 nitrogen and oxygen atoms in total. The van der Waals surface area contributed by atoms with Crippen molar-refractivity contribution in [1.29, 1.82) is 5.26 Å². The molecular formula is C11H13N3O. The molecule has 0 unspecified atom stereocenters. The van der Waals surface area contributed by atoms with Crippen molar-refractivity contribution in [2.24, 2.45) is 5.41 Å². The minimum Gasteiger partial charge on any atom is -0.268 e. The van der Waals surface area contributed by atoms with Crippen LogP contribution in [0.1, 0.15) is 24.8 Å². The van der Waals surface area contributed by atoms with E-state index in [1.807, 2.05) is 6.92 Å². The molecule has 1 aliphatic carbocycles. The van der Waals surface area contributed by atoms with Crippen LogP contribution >= 0.6 is 0 Å². The Morgan fingerprint density at radius 3 is 2.93 bits per heavy atom. The summed E-state index contributed by atoms with van der Waals surface area (Å²) in [5.74, 6) is 0. The Labute approximate surface area is 88.2 Å². The van der Waals surface area contributed by atoms with Gasteiger partial charge in [-0.3, -0.25) is 4.79 Å². The van der Waals surface area contributed by atoms with Gasteiger partial charge in [0.15, 0.2) is 0 Å². The molecule has 1 aromatic rings. The molecule has 0 N–H and O–H groups in total. The molecule has 0 bridgehead atoms. The van der Waals surface area contributed by atoms with Crippen LogP contribution in [0.15, 0.2) is 17.1 Å². The minimum atomic E-state index is -0.0702. The van der Waals surface area contributed by atoms with Gasteiger partial charge in [0.25, 0.3) is 5.56 Å². The lowest BCUT2D eigenvalue weighted by Crippen LogP contribution is -2.26. The van der Waals surface area contributed by atoms with Crippen molar-refractivity contribution in [2.75, 3.05) is 0 Å². The molecule has 0 atom stereocenters. The van der Waals surface area contributed by atoms with Gasteiger partial charge >= 0.3 is 0 Å². The van der Waals surface area contributed by atoms with E-state index < -0.39 is 0 Å². The SMILES string of the molecule is Cc1cnn(CC2(CC#N)CC2)c(=O)c1. The first-order chi connectivity index (χ1) is 7.15. The third-order valence-electron chi connectivity index (χ3n) is 2.90. The normalized spacial score (nSPS) is 17.1. The Morgan fingerprint density at radius 2 is 2.40 bits per heavy atom. The van der Waals surface area contributed by atoms with Crippen molar-refractivity contribution in [1.82, 2.24) is 9.78 Å². The van der Waals surface area contributed by atoms with Crippen LogP contribution < -0.4 is 5.56 Å². The average Bonchev–Trinajstić information content (AvgIpc) is 2.91. The molecule has 0 radical (unpaired) electrons. The summed E-state index contributed by atoms with van der Waals surface area (Å²) in [6, 6.07) is 3.76. The molecule has 78 valence electrons. The molecule has 0 spiro atoms. The van der Waals surface area contributed by atoms with E-state index in [0.717, 1.165) is 18.4 Å². The van der Waals surface area contributed by atoms with Gasteiger partial charge in [0.1, 0.15) is 0 Å². The summed E-state index contributed by atoms with van der Waals surface area (Å²) in [5.41, 5.74) is 0.835. The Bertz CT molecular complexity index is 465. The highest BCUT2D eigenvalue weighted by Gasteiger charge is 2.43. The van der Waals surface area contributed by atoms with Gasteiger partial charge in [0, 0.05) is 17.9 Å². The molecule has 15 heavy (non-hydrogen) atoms. The summed E-state index contributed by atoms with van der Waals surface area (Å²) in [4.78, 5) is 11.6. The van der Waals surface area contributed by atoms with Crippen LogP contribution in [0.5, 0.6) is 0 Å². The number of nitriles is 1. The first-order valence-electron chi connectivity index (χ1n) is 5.06. The van der Waals surface area contributed by atoms with Gasteiger partial charge < -0.3 is 0 Å². The highest BCUT2D eigenvalue weighted by Crippen LogP contribution is 2.49. The summed E-state index contributed by atoms with van der Waals surface area (Å²) >= 11 is 0. The van der Waals surface area contributed by atoms with Gasteiger partial charge in [-0.25, -0.2) is 4.68 Å². The van der Waals surface area contributed by atoms with E-state index in [4.69, 9.17) is 5.26 Å². The van der Waals surface area contributed by atoms with Crippen molar-refractivity contribution in [2.45, 2.75) is 32.7 Å². The topological polar surface area (TPSA) is 58.7 Å². The summed E-state index contributed by atoms with van der Waals surface area (Å²) in [5, 5.41) is 12.8. The van der Waals surface area contributed by atoms with Crippen LogP contribution in [0.4, 0.5) is 0 Å². The standard InChI is InChI=1S/C11H13N3O/c1-9-6-10(15)14(13-7-9)8-11(2-3-11)4-5-12/h6-7H,2-4,8H2,1H3. The van der Waals surface area contributed by atoms with E-state index in [9.17, 15) is 4.79 Å². The average molecular weight is 203 g/mol. The molecular weight excluding hydrogens is 190 g/mol. The first-order valence-corrected chi connectivity index (χ1v) is 5.06. The van der Waals surface area contributed by atoms with Crippen LogP contribution in [-0.4, -0.2) is 9.78 Å². The van der Waals surface area contributed by atoms with Gasteiger partial charge in [-0.1, -0.05) is 0 Å². The number of nitrogens with zero attached hydrogens (tertiary/aromatic N) is 3. The Kier molecular flexibility index (Phi) is 2.31. The van der Waals surface area contributed by atoms with E-state index in [1.54, 1.807) is 12.3 Å². The van der Waals surface area contributed by atoms with Gasteiger partial charge in [0.2, 0.25) is 0 Å². The maximum absolute atomic E-state index is 11.6. The Balaban J connectivity index is 2.19. The van der Waals surface area contributed by atoms with E-state index >= 15 is 0 Å². The quantitative estimate of drug-likeness (QED) is 0.742. The molecule has 1 heterocycles. The number of hydrogen-bond donors (Lipinski definition) is 0. The minimum absolute atomic E-state index is 0.0286. The van der Waals surface area contributed by atoms with Crippen LogP contribution in [-0.2, 0) is 6.54 Å². The monoisotopic (exact) mass is 203 g/mol. The fourth-order valence-electron chi connectivity index (χ4n) is 1.70. The molecule has 1 saturated carbocycles. The second kappa shape index (κ2) is 3.50. The number of aromatic nitrogens is 2. The molecule has 2 rings (SSSR count). The molecule has 0 aliphatic heterocycles. The van der Waals surface area contributed by atoms with E-state index in [0.29, 0.717) is 13.0 Å². The Hall–Kier alpha value is -1.63. The zero-order chi connectivity index (χ0) is 10.9. The zero-order valence-electron chi connectivity index (χ0n) is 8.73. The lowest BCUT2D eigenvalue weighted by Gasteiger charge is -2.11. The highest BCUT2D eigenvalue weighted by atomic mass is 16.1. The van der Waals surface area contributed by atoms with Crippen molar-refractivity contribution in [3.05, 3.63) is 28.2 Å². The van der Waals surface area contributed by atoms with Gasteiger partial charge in [-0.05, 0) is 25.3 Å². The van der Waals surface area contributed by atoms with E-state index in [-0.39, 0.29) is 11.0 Å². The van der Waals surface area contributed by atoms with Crippen LogP contribution in [0.2, 0.25) is 0 Å². The summed E-state index contributed by atoms with van der Waals surface area (Å²) in [6.07, 6.45) is 4.27. The first kappa shape index (κ1) is 9.91. The van der Waals surface area contributed by atoms with Gasteiger partial charge in [0.05, 0.1) is 18.8 Å². The predicted octanol–water partition coefficient (Wildman–Crippen LogP) is 1.25. The molecule has 1 aromatic heterocycles. The molecule has 1 aliphatic rings. The summed E-state index contributed by atoms with van der Waals surface area (Å²) in [6.45, 7) is 2.43. The lowest BCUT2D eigenvalue weighted by atomic mass is 10.0. The maximum Gasteiger partial charge on any atom is 0.267 e. The lowest BCUT2D eigenvalue weighted by molar-refractivity contribution is 0.391. The zero-order valence-corrected chi connectivity index (χ0v) is 8.73. The Morgan fingerprint density at radius 1 is 1.67 bits per heavy atom. The fourth-order valence-corrected chi connectivity index (χ4v) is 1.70. The fraction of sp³-hybridized carbons (Fsp3) is 0.545. The molecule has 0 saturated heterocycles.